The first-order chi connectivity index (χ1) is 8.83. The molecule has 0 atom stereocenters. The minimum Gasteiger partial charge on any atom is -0.325 e. The molecule has 5 nitrogen and oxygen atoms in total. The zero-order valence-corrected chi connectivity index (χ0v) is 10.0. The van der Waals surface area contributed by atoms with Gasteiger partial charge in [-0.25, -0.2) is 15.0 Å². The van der Waals surface area contributed by atoms with Crippen molar-refractivity contribution in [3.8, 4) is 0 Å². The van der Waals surface area contributed by atoms with Crippen molar-refractivity contribution in [3.63, 3.8) is 0 Å². The van der Waals surface area contributed by atoms with Crippen LogP contribution >= 0.6 is 11.6 Å². The van der Waals surface area contributed by atoms with Crippen molar-refractivity contribution in [2.75, 3.05) is 5.32 Å². The number of anilines is 2. The molecule has 1 aromatic carbocycles. The van der Waals surface area contributed by atoms with E-state index in [2.05, 4.69) is 26.3 Å². The highest BCUT2D eigenvalue weighted by Crippen LogP contribution is 2.31. The fourth-order valence-corrected chi connectivity index (χ4v) is 2.40. The normalized spacial score (nSPS) is 12.9. The predicted octanol–water partition coefficient (Wildman–Crippen LogP) is 2.58. The Morgan fingerprint density at radius 3 is 3.06 bits per heavy atom. The number of imidazole rings is 1. The number of nitrogens with zero attached hydrogens (tertiary/aromatic N) is 4. The van der Waals surface area contributed by atoms with Crippen LogP contribution in [-0.2, 0) is 6.54 Å². The Labute approximate surface area is 107 Å². The van der Waals surface area contributed by atoms with Crippen molar-refractivity contribution < 1.29 is 0 Å². The molecule has 0 amide bonds. The molecule has 0 aliphatic carbocycles. The molecular formula is C12H8ClN5. The van der Waals surface area contributed by atoms with Crippen LogP contribution < -0.4 is 5.32 Å². The average Bonchev–Trinajstić information content (AvgIpc) is 2.76. The van der Waals surface area contributed by atoms with Gasteiger partial charge in [0.15, 0.2) is 10.8 Å². The predicted molar refractivity (Wildman–Crippen MR) is 69.2 cm³/mol. The molecule has 0 spiro atoms. The fourth-order valence-electron chi connectivity index (χ4n) is 2.23. The Bertz CT molecular complexity index is 764. The molecular weight excluding hydrogens is 250 g/mol. The summed E-state index contributed by atoms with van der Waals surface area (Å²) in [5.41, 5.74) is 3.67. The van der Waals surface area contributed by atoms with Crippen LogP contribution in [0, 0.1) is 0 Å². The SMILES string of the molecule is Clc1ncnc2c1nc1n2Cc2ccccc2N1. The zero-order chi connectivity index (χ0) is 12.1. The van der Waals surface area contributed by atoms with E-state index in [1.54, 1.807) is 0 Å². The first kappa shape index (κ1) is 9.85. The van der Waals surface area contributed by atoms with Gasteiger partial charge in [-0.05, 0) is 11.6 Å². The highest BCUT2D eigenvalue weighted by atomic mass is 35.5. The topological polar surface area (TPSA) is 55.6 Å². The molecule has 18 heavy (non-hydrogen) atoms. The van der Waals surface area contributed by atoms with Crippen LogP contribution in [0.15, 0.2) is 30.6 Å². The van der Waals surface area contributed by atoms with E-state index in [1.165, 1.54) is 11.9 Å². The van der Waals surface area contributed by atoms with E-state index in [1.807, 2.05) is 22.8 Å². The van der Waals surface area contributed by atoms with Crippen LogP contribution in [0.3, 0.4) is 0 Å². The molecule has 4 rings (SSSR count). The van der Waals surface area contributed by atoms with Crippen molar-refractivity contribution in [1.29, 1.82) is 0 Å². The highest BCUT2D eigenvalue weighted by molar-refractivity contribution is 6.33. The van der Waals surface area contributed by atoms with Gasteiger partial charge in [-0.3, -0.25) is 4.57 Å². The van der Waals surface area contributed by atoms with E-state index in [0.29, 0.717) is 10.7 Å². The lowest BCUT2D eigenvalue weighted by Crippen LogP contribution is -2.13. The zero-order valence-electron chi connectivity index (χ0n) is 9.26. The van der Waals surface area contributed by atoms with Crippen LogP contribution in [0.1, 0.15) is 5.56 Å². The van der Waals surface area contributed by atoms with Crippen molar-refractivity contribution in [3.05, 3.63) is 41.3 Å². The fraction of sp³-hybridized carbons (Fsp3) is 0.0833. The van der Waals surface area contributed by atoms with Crippen molar-refractivity contribution in [2.24, 2.45) is 0 Å². The Morgan fingerprint density at radius 2 is 2.11 bits per heavy atom. The minimum atomic E-state index is 0.382. The number of fused-ring (bicyclic) bond motifs is 4. The van der Waals surface area contributed by atoms with Crippen molar-refractivity contribution in [1.82, 2.24) is 19.5 Å². The monoisotopic (exact) mass is 257 g/mol. The third-order valence-electron chi connectivity index (χ3n) is 3.08. The molecule has 0 unspecified atom stereocenters. The second-order valence-electron chi connectivity index (χ2n) is 4.14. The number of rotatable bonds is 0. The summed E-state index contributed by atoms with van der Waals surface area (Å²) in [6, 6.07) is 8.13. The molecule has 2 aromatic heterocycles. The summed E-state index contributed by atoms with van der Waals surface area (Å²) in [6.07, 6.45) is 1.46. The Morgan fingerprint density at radius 1 is 1.22 bits per heavy atom. The highest BCUT2D eigenvalue weighted by Gasteiger charge is 2.20. The number of hydrogen-bond acceptors (Lipinski definition) is 4. The first-order valence-corrected chi connectivity index (χ1v) is 5.92. The maximum absolute atomic E-state index is 6.03. The minimum absolute atomic E-state index is 0.382. The van der Waals surface area contributed by atoms with Crippen LogP contribution in [0.4, 0.5) is 11.6 Å². The smallest absolute Gasteiger partial charge is 0.210 e. The summed E-state index contributed by atoms with van der Waals surface area (Å²) < 4.78 is 2.01. The molecule has 1 aliphatic heterocycles. The lowest BCUT2D eigenvalue weighted by Gasteiger charge is -2.19. The molecule has 1 aliphatic rings. The number of hydrogen-bond donors (Lipinski definition) is 1. The summed E-state index contributed by atoms with van der Waals surface area (Å²) in [4.78, 5) is 12.7. The van der Waals surface area contributed by atoms with Crippen molar-refractivity contribution in [2.45, 2.75) is 6.54 Å². The van der Waals surface area contributed by atoms with Gasteiger partial charge in [0.05, 0.1) is 6.54 Å². The van der Waals surface area contributed by atoms with E-state index in [-0.39, 0.29) is 0 Å². The van der Waals surface area contributed by atoms with Gasteiger partial charge in [0.25, 0.3) is 0 Å². The summed E-state index contributed by atoms with van der Waals surface area (Å²) in [5.74, 6) is 0.756. The van der Waals surface area contributed by atoms with E-state index < -0.39 is 0 Å². The largest absolute Gasteiger partial charge is 0.325 e. The summed E-state index contributed by atoms with van der Waals surface area (Å²) in [7, 11) is 0. The van der Waals surface area contributed by atoms with Gasteiger partial charge in [-0.1, -0.05) is 29.8 Å². The maximum Gasteiger partial charge on any atom is 0.210 e. The summed E-state index contributed by atoms with van der Waals surface area (Å²) in [6.45, 7) is 0.738. The summed E-state index contributed by atoms with van der Waals surface area (Å²) in [5, 5.41) is 3.66. The molecule has 0 radical (unpaired) electrons. The Hall–Kier alpha value is -2.14. The standard InChI is InChI=1S/C12H8ClN5/c13-10-9-11(15-6-14-10)18-5-7-3-1-2-4-8(7)16-12(18)17-9/h1-4,6H,5H2,(H,16,17). The number of halogens is 1. The third-order valence-corrected chi connectivity index (χ3v) is 3.36. The molecule has 1 N–H and O–H groups in total. The van der Waals surface area contributed by atoms with Gasteiger partial charge in [0.1, 0.15) is 11.8 Å². The van der Waals surface area contributed by atoms with E-state index in [9.17, 15) is 0 Å². The van der Waals surface area contributed by atoms with E-state index >= 15 is 0 Å². The van der Waals surface area contributed by atoms with Gasteiger partial charge in [-0.15, -0.1) is 0 Å². The lowest BCUT2D eigenvalue weighted by atomic mass is 10.1. The van der Waals surface area contributed by atoms with E-state index in [4.69, 9.17) is 11.6 Å². The molecule has 3 aromatic rings. The van der Waals surface area contributed by atoms with Gasteiger partial charge in [-0.2, -0.15) is 0 Å². The number of para-hydroxylation sites is 1. The van der Waals surface area contributed by atoms with Crippen LogP contribution in [0.5, 0.6) is 0 Å². The second kappa shape index (κ2) is 3.43. The average molecular weight is 258 g/mol. The van der Waals surface area contributed by atoms with Crippen LogP contribution in [0.2, 0.25) is 5.15 Å². The molecule has 88 valence electrons. The molecule has 6 heteroatoms. The van der Waals surface area contributed by atoms with Gasteiger partial charge in [0, 0.05) is 5.69 Å². The number of nitrogens with one attached hydrogen (secondary N) is 1. The molecule has 3 heterocycles. The molecule has 0 saturated heterocycles. The molecule has 0 bridgehead atoms. The second-order valence-corrected chi connectivity index (χ2v) is 4.50. The van der Waals surface area contributed by atoms with Gasteiger partial charge >= 0.3 is 0 Å². The number of benzene rings is 1. The first-order valence-electron chi connectivity index (χ1n) is 5.54. The molecule has 0 fully saturated rings. The van der Waals surface area contributed by atoms with Crippen LogP contribution in [-0.4, -0.2) is 19.5 Å². The maximum atomic E-state index is 6.03. The lowest BCUT2D eigenvalue weighted by molar-refractivity contribution is 0.806. The Balaban J connectivity index is 1.98. The van der Waals surface area contributed by atoms with Crippen LogP contribution in [0.25, 0.3) is 11.2 Å². The van der Waals surface area contributed by atoms with Crippen molar-refractivity contribution >= 4 is 34.4 Å². The van der Waals surface area contributed by atoms with Gasteiger partial charge < -0.3 is 5.32 Å². The third kappa shape index (κ3) is 1.25. The van der Waals surface area contributed by atoms with E-state index in [0.717, 1.165) is 23.8 Å². The Kier molecular flexibility index (Phi) is 1.87. The number of aromatic nitrogens is 4. The summed E-state index contributed by atoms with van der Waals surface area (Å²) >= 11 is 6.03. The quantitative estimate of drug-likeness (QED) is 0.492. The van der Waals surface area contributed by atoms with Gasteiger partial charge in [0.2, 0.25) is 5.95 Å². The molecule has 0 saturated carbocycles.